The smallest absolute Gasteiger partial charge is 0.226 e. The van der Waals surface area contributed by atoms with Gasteiger partial charge in [0.05, 0.1) is 0 Å². The number of carbonyl (C=O) groups is 1. The summed E-state index contributed by atoms with van der Waals surface area (Å²) in [6.45, 7) is 7.24. The summed E-state index contributed by atoms with van der Waals surface area (Å²) in [6.07, 6.45) is 7.48. The first-order valence-electron chi connectivity index (χ1n) is 11.8. The van der Waals surface area contributed by atoms with Crippen LogP contribution in [0.25, 0.3) is 0 Å². The second-order valence-corrected chi connectivity index (χ2v) is 9.79. The fourth-order valence-corrected chi connectivity index (χ4v) is 6.10. The predicted molar refractivity (Wildman–Crippen MR) is 131 cm³/mol. The summed E-state index contributed by atoms with van der Waals surface area (Å²) in [5.74, 6) is 0.470. The Labute approximate surface area is 196 Å². The number of nitrogens with two attached hydrogens (primary N) is 1. The molecule has 4 rings (SSSR count). The average Bonchev–Trinajstić information content (AvgIpc) is 2.83. The number of rotatable bonds is 6. The van der Waals surface area contributed by atoms with Crippen LogP contribution < -0.4 is 5.73 Å². The molecule has 4 unspecified atom stereocenters. The monoisotopic (exact) mass is 451 g/mol. The van der Waals surface area contributed by atoms with Crippen LogP contribution in [0.15, 0.2) is 55.1 Å². The van der Waals surface area contributed by atoms with E-state index in [1.807, 2.05) is 18.2 Å². The summed E-state index contributed by atoms with van der Waals surface area (Å²) in [6, 6.07) is 14.7. The summed E-state index contributed by atoms with van der Waals surface area (Å²) in [5.41, 5.74) is 9.48. The lowest BCUT2D eigenvalue weighted by atomic mass is 9.63. The van der Waals surface area contributed by atoms with Gasteiger partial charge in [-0.1, -0.05) is 61.0 Å². The molecule has 1 saturated heterocycles. The summed E-state index contributed by atoms with van der Waals surface area (Å²) in [7, 11) is 0. The third kappa shape index (κ3) is 4.23. The number of piperidine rings is 1. The highest BCUT2D eigenvalue weighted by Gasteiger charge is 2.46. The first-order valence-corrected chi connectivity index (χ1v) is 12.2. The van der Waals surface area contributed by atoms with Crippen molar-refractivity contribution in [1.29, 1.82) is 0 Å². The number of hydrogen-bond donors (Lipinski definition) is 1. The first-order chi connectivity index (χ1) is 15.5. The van der Waals surface area contributed by atoms with E-state index in [1.165, 1.54) is 5.56 Å². The second kappa shape index (κ2) is 9.76. The summed E-state index contributed by atoms with van der Waals surface area (Å²) >= 11 is 6.17. The van der Waals surface area contributed by atoms with Crippen LogP contribution in [0.4, 0.5) is 0 Å². The highest BCUT2D eigenvalue weighted by molar-refractivity contribution is 6.29. The molecular formula is C27H34ClN3O. The zero-order valence-electron chi connectivity index (χ0n) is 19.0. The molecule has 1 aliphatic carbocycles. The Morgan fingerprint density at radius 3 is 2.84 bits per heavy atom. The number of aryl methyl sites for hydroxylation is 1. The molecule has 0 radical (unpaired) electrons. The standard InChI is InChI=1S/C27H34ClN3O/c1-3-8-22-17-21(20-9-5-4-6-10-20)14-16-31(22)26(32)19(2)27(18-29)15-7-11-24-23(27)12-13-25(28)30-24/h3-6,9-10,12-13,19,21-22H,1,7-8,11,14-18,29H2,2H3. The molecule has 2 N–H and O–H groups in total. The normalized spacial score (nSPS) is 26.3. The number of likely N-dealkylation sites (tertiary alicyclic amines) is 1. The van der Waals surface area contributed by atoms with Crippen LogP contribution in [-0.4, -0.2) is 34.9 Å². The van der Waals surface area contributed by atoms with Crippen LogP contribution in [0.3, 0.4) is 0 Å². The number of fused-ring (bicyclic) bond motifs is 1. The minimum atomic E-state index is -0.392. The minimum absolute atomic E-state index is 0.169. The summed E-state index contributed by atoms with van der Waals surface area (Å²) < 4.78 is 0. The molecule has 2 heterocycles. The number of hydrogen-bond acceptors (Lipinski definition) is 3. The lowest BCUT2D eigenvalue weighted by Crippen LogP contribution is -2.54. The van der Waals surface area contributed by atoms with Gasteiger partial charge < -0.3 is 10.6 Å². The van der Waals surface area contributed by atoms with Crippen LogP contribution >= 0.6 is 11.6 Å². The fraction of sp³-hybridized carbons (Fsp3) is 0.481. The molecule has 5 heteroatoms. The molecule has 1 aromatic heterocycles. The van der Waals surface area contributed by atoms with Gasteiger partial charge in [0.2, 0.25) is 5.91 Å². The van der Waals surface area contributed by atoms with Crippen LogP contribution in [0, 0.1) is 5.92 Å². The molecule has 1 aromatic carbocycles. The Bertz CT molecular complexity index is 963. The molecule has 1 fully saturated rings. The van der Waals surface area contributed by atoms with E-state index in [0.717, 1.165) is 56.3 Å². The number of halogens is 1. The van der Waals surface area contributed by atoms with Crippen LogP contribution in [0.1, 0.15) is 61.8 Å². The molecule has 0 saturated carbocycles. The molecular weight excluding hydrogens is 418 g/mol. The van der Waals surface area contributed by atoms with Crippen molar-refractivity contribution in [3.63, 3.8) is 0 Å². The quantitative estimate of drug-likeness (QED) is 0.481. The van der Waals surface area contributed by atoms with Crippen molar-refractivity contribution in [3.8, 4) is 0 Å². The number of aromatic nitrogens is 1. The van der Waals surface area contributed by atoms with Crippen molar-refractivity contribution in [2.75, 3.05) is 13.1 Å². The zero-order valence-corrected chi connectivity index (χ0v) is 19.7. The van der Waals surface area contributed by atoms with E-state index in [4.69, 9.17) is 17.3 Å². The largest absolute Gasteiger partial charge is 0.339 e. The number of amides is 1. The van der Waals surface area contributed by atoms with E-state index in [0.29, 0.717) is 17.6 Å². The van der Waals surface area contributed by atoms with E-state index < -0.39 is 5.41 Å². The SMILES string of the molecule is C=CCC1CC(c2ccccc2)CCN1C(=O)C(C)C1(CN)CCCc2nc(Cl)ccc21. The van der Waals surface area contributed by atoms with Gasteiger partial charge in [0.15, 0.2) is 0 Å². The van der Waals surface area contributed by atoms with Gasteiger partial charge in [-0.25, -0.2) is 4.98 Å². The summed E-state index contributed by atoms with van der Waals surface area (Å²) in [4.78, 5) is 20.6. The maximum Gasteiger partial charge on any atom is 0.226 e. The molecule has 4 nitrogen and oxygen atoms in total. The molecule has 2 aliphatic rings. The average molecular weight is 452 g/mol. The van der Waals surface area contributed by atoms with Crippen molar-refractivity contribution >= 4 is 17.5 Å². The van der Waals surface area contributed by atoms with Crippen LogP contribution in [-0.2, 0) is 16.6 Å². The lowest BCUT2D eigenvalue weighted by Gasteiger charge is -2.46. The highest BCUT2D eigenvalue weighted by Crippen LogP contribution is 2.44. The van der Waals surface area contributed by atoms with Gasteiger partial charge >= 0.3 is 0 Å². The zero-order chi connectivity index (χ0) is 22.7. The highest BCUT2D eigenvalue weighted by atomic mass is 35.5. The molecule has 1 aliphatic heterocycles. The molecule has 4 atom stereocenters. The molecule has 32 heavy (non-hydrogen) atoms. The van der Waals surface area contributed by atoms with Crippen molar-refractivity contribution < 1.29 is 4.79 Å². The molecule has 0 spiro atoms. The van der Waals surface area contributed by atoms with E-state index >= 15 is 0 Å². The van der Waals surface area contributed by atoms with E-state index in [9.17, 15) is 4.79 Å². The molecule has 2 aromatic rings. The van der Waals surface area contributed by atoms with Crippen molar-refractivity contribution in [2.24, 2.45) is 11.7 Å². The third-order valence-corrected chi connectivity index (χ3v) is 8.00. The Morgan fingerprint density at radius 1 is 1.34 bits per heavy atom. The van der Waals surface area contributed by atoms with Crippen LogP contribution in [0.2, 0.25) is 5.15 Å². The Morgan fingerprint density at radius 2 is 2.12 bits per heavy atom. The molecule has 0 bridgehead atoms. The summed E-state index contributed by atoms with van der Waals surface area (Å²) in [5, 5.41) is 0.504. The maximum absolute atomic E-state index is 14.0. The number of benzene rings is 1. The van der Waals surface area contributed by atoms with Crippen molar-refractivity contribution in [2.45, 2.75) is 62.8 Å². The first kappa shape index (κ1) is 23.0. The van der Waals surface area contributed by atoms with Gasteiger partial charge in [0.1, 0.15) is 5.15 Å². The second-order valence-electron chi connectivity index (χ2n) is 9.41. The maximum atomic E-state index is 14.0. The number of pyridine rings is 1. The van der Waals surface area contributed by atoms with E-state index in [2.05, 4.69) is 53.7 Å². The van der Waals surface area contributed by atoms with Crippen molar-refractivity contribution in [3.05, 3.63) is 77.1 Å². The lowest BCUT2D eigenvalue weighted by molar-refractivity contribution is -0.141. The Balaban J connectivity index is 1.59. The van der Waals surface area contributed by atoms with Gasteiger partial charge in [0.25, 0.3) is 0 Å². The van der Waals surface area contributed by atoms with Crippen LogP contribution in [0.5, 0.6) is 0 Å². The minimum Gasteiger partial charge on any atom is -0.339 e. The van der Waals surface area contributed by atoms with Gasteiger partial charge in [-0.15, -0.1) is 6.58 Å². The van der Waals surface area contributed by atoms with E-state index in [1.54, 1.807) is 0 Å². The molecule has 170 valence electrons. The predicted octanol–water partition coefficient (Wildman–Crippen LogP) is 5.25. The van der Waals surface area contributed by atoms with Gasteiger partial charge in [-0.3, -0.25) is 4.79 Å². The molecule has 1 amide bonds. The van der Waals surface area contributed by atoms with Gasteiger partial charge in [-0.2, -0.15) is 0 Å². The van der Waals surface area contributed by atoms with Gasteiger partial charge in [-0.05, 0) is 61.6 Å². The van der Waals surface area contributed by atoms with Gasteiger partial charge in [0, 0.05) is 36.2 Å². The van der Waals surface area contributed by atoms with Crippen molar-refractivity contribution in [1.82, 2.24) is 9.88 Å². The van der Waals surface area contributed by atoms with E-state index in [-0.39, 0.29) is 17.9 Å². The fourth-order valence-electron chi connectivity index (χ4n) is 5.93. The number of nitrogens with zero attached hydrogens (tertiary/aromatic N) is 2. The number of carbonyl (C=O) groups excluding carboxylic acids is 1. The Kier molecular flexibility index (Phi) is 7.02. The third-order valence-electron chi connectivity index (χ3n) is 7.79. The Hall–Kier alpha value is -2.17. The topological polar surface area (TPSA) is 59.2 Å².